The third-order valence-electron chi connectivity index (χ3n) is 7.66. The number of benzene rings is 1. The highest BCUT2D eigenvalue weighted by Gasteiger charge is 2.43. The third-order valence-corrected chi connectivity index (χ3v) is 7.66. The molecule has 1 aliphatic heterocycles. The fourth-order valence-electron chi connectivity index (χ4n) is 5.04. The van der Waals surface area contributed by atoms with Crippen LogP contribution in [0.4, 0.5) is 0 Å². The van der Waals surface area contributed by atoms with E-state index in [-0.39, 0.29) is 18.1 Å². The van der Waals surface area contributed by atoms with Crippen molar-refractivity contribution >= 4 is 22.9 Å². The molecule has 0 amide bonds. The lowest BCUT2D eigenvalue weighted by atomic mass is 9.71. The lowest BCUT2D eigenvalue weighted by molar-refractivity contribution is -0.156. The summed E-state index contributed by atoms with van der Waals surface area (Å²) in [7, 11) is 0. The van der Waals surface area contributed by atoms with Crippen molar-refractivity contribution in [1.82, 2.24) is 4.98 Å². The van der Waals surface area contributed by atoms with Gasteiger partial charge < -0.3 is 19.4 Å². The van der Waals surface area contributed by atoms with Crippen LogP contribution in [0, 0.1) is 24.2 Å². The van der Waals surface area contributed by atoms with Gasteiger partial charge in [-0.1, -0.05) is 44.6 Å². The normalized spacial score (nSPS) is 29.9. The van der Waals surface area contributed by atoms with E-state index in [1.165, 1.54) is 0 Å². The Kier molecular flexibility index (Phi) is 9.48. The van der Waals surface area contributed by atoms with Crippen molar-refractivity contribution in [3.8, 4) is 0 Å². The number of aliphatic hydroxyl groups excluding tert-OH is 2. The van der Waals surface area contributed by atoms with Crippen LogP contribution in [0.1, 0.15) is 83.8 Å². The van der Waals surface area contributed by atoms with Crippen LogP contribution in [0.15, 0.2) is 46.9 Å². The molecule has 0 saturated heterocycles. The zero-order valence-corrected chi connectivity index (χ0v) is 22.7. The number of ether oxygens (including phenoxy) is 1. The summed E-state index contributed by atoms with van der Waals surface area (Å²) in [5.41, 5.74) is 2.04. The summed E-state index contributed by atoms with van der Waals surface area (Å²) >= 11 is 0. The van der Waals surface area contributed by atoms with Crippen LogP contribution in [-0.4, -0.2) is 39.2 Å². The van der Waals surface area contributed by atoms with Gasteiger partial charge in [0.05, 0.1) is 24.0 Å². The molecule has 202 valence electrons. The minimum absolute atomic E-state index is 0.0992. The molecule has 0 saturated carbocycles. The van der Waals surface area contributed by atoms with E-state index in [1.807, 2.05) is 32.0 Å². The number of oxazole rings is 1. The summed E-state index contributed by atoms with van der Waals surface area (Å²) in [6.45, 7) is 12.8. The van der Waals surface area contributed by atoms with Crippen molar-refractivity contribution in [2.24, 2.45) is 17.3 Å². The Hall–Kier alpha value is -2.77. The van der Waals surface area contributed by atoms with E-state index in [0.717, 1.165) is 30.4 Å². The molecule has 37 heavy (non-hydrogen) atoms. The number of hydrogen-bond acceptors (Lipinski definition) is 7. The highest BCUT2D eigenvalue weighted by Crippen LogP contribution is 2.35. The van der Waals surface area contributed by atoms with E-state index in [1.54, 1.807) is 26.8 Å². The number of aryl methyl sites for hydroxylation is 1. The predicted octanol–water partition coefficient (Wildman–Crippen LogP) is 5.78. The zero-order valence-electron chi connectivity index (χ0n) is 22.7. The second kappa shape index (κ2) is 12.2. The standard InChI is InChI=1S/C30H41NO6/c1-7-9-22-28(34)19(3)11-8-10-18(2)12-14-24(21-13-15-25-23(16-21)31-20(4)36-25)37-27(33)17-26(32)30(5,6)29(22)35/h7,12-13,15-16,19,22,24,26,28,32,34H,1,8-11,14,17H2,2-6H3/b18-12-/t19-,22+,24-,26-,28-/m0/s1. The molecule has 0 aliphatic carbocycles. The van der Waals surface area contributed by atoms with Gasteiger partial charge in [-0.15, -0.1) is 6.58 Å². The first-order chi connectivity index (χ1) is 17.4. The van der Waals surface area contributed by atoms with Crippen molar-refractivity contribution < 1.29 is 29.0 Å². The van der Waals surface area contributed by atoms with E-state index >= 15 is 0 Å². The van der Waals surface area contributed by atoms with Gasteiger partial charge in [-0.2, -0.15) is 0 Å². The number of carbonyl (C=O) groups excluding carboxylic acids is 2. The van der Waals surface area contributed by atoms with Crippen molar-refractivity contribution in [3.63, 3.8) is 0 Å². The Bertz CT molecular complexity index is 1150. The first-order valence-electron chi connectivity index (χ1n) is 13.2. The van der Waals surface area contributed by atoms with Gasteiger partial charge in [0.25, 0.3) is 0 Å². The SMILES string of the molecule is C=CC[C@H]1C(=O)C(C)(C)[C@@H](O)CC(=O)O[C@H](c2ccc3oc(C)nc3c2)C/C=C(/C)CCC[C@H](C)[C@@H]1O. The van der Waals surface area contributed by atoms with Gasteiger partial charge in [-0.3, -0.25) is 9.59 Å². The molecule has 1 aliphatic rings. The minimum atomic E-state index is -1.27. The topological polar surface area (TPSA) is 110 Å². The van der Waals surface area contributed by atoms with Crippen molar-refractivity contribution in [1.29, 1.82) is 0 Å². The molecule has 1 aromatic heterocycles. The summed E-state index contributed by atoms with van der Waals surface area (Å²) in [6.07, 6.45) is 3.89. The van der Waals surface area contributed by atoms with Gasteiger partial charge in [0.1, 0.15) is 17.4 Å². The van der Waals surface area contributed by atoms with Gasteiger partial charge in [0.2, 0.25) is 0 Å². The Morgan fingerprint density at radius 2 is 1.95 bits per heavy atom. The molecule has 0 fully saturated rings. The van der Waals surface area contributed by atoms with Crippen molar-refractivity contribution in [2.45, 2.75) is 91.5 Å². The van der Waals surface area contributed by atoms with Gasteiger partial charge in [-0.25, -0.2) is 4.98 Å². The molecule has 2 aromatic rings. The summed E-state index contributed by atoms with van der Waals surface area (Å²) < 4.78 is 11.5. The van der Waals surface area contributed by atoms with E-state index in [9.17, 15) is 19.8 Å². The molecular formula is C30H41NO6. The summed E-state index contributed by atoms with van der Waals surface area (Å²) in [6, 6.07) is 5.54. The predicted molar refractivity (Wildman–Crippen MR) is 143 cm³/mol. The first kappa shape index (κ1) is 28.8. The quantitative estimate of drug-likeness (QED) is 0.397. The molecule has 1 aromatic carbocycles. The van der Waals surface area contributed by atoms with Crippen molar-refractivity contribution in [3.05, 3.63) is 54.0 Å². The molecule has 7 nitrogen and oxygen atoms in total. The number of allylic oxidation sites excluding steroid dienone is 2. The maximum atomic E-state index is 13.5. The Morgan fingerprint density at radius 1 is 1.22 bits per heavy atom. The average molecular weight is 512 g/mol. The van der Waals surface area contributed by atoms with E-state index in [0.29, 0.717) is 29.8 Å². The largest absolute Gasteiger partial charge is 0.457 e. The monoisotopic (exact) mass is 511 g/mol. The van der Waals surface area contributed by atoms with Crippen LogP contribution >= 0.6 is 0 Å². The molecule has 0 radical (unpaired) electrons. The highest BCUT2D eigenvalue weighted by atomic mass is 16.5. The van der Waals surface area contributed by atoms with Crippen LogP contribution in [0.5, 0.6) is 0 Å². The molecule has 0 spiro atoms. The van der Waals surface area contributed by atoms with Gasteiger partial charge in [0, 0.05) is 19.3 Å². The molecule has 7 heteroatoms. The number of aromatic nitrogens is 1. The van der Waals surface area contributed by atoms with Gasteiger partial charge in [0.15, 0.2) is 11.5 Å². The highest BCUT2D eigenvalue weighted by molar-refractivity contribution is 5.88. The Labute approximate surface area is 219 Å². The molecule has 2 heterocycles. The maximum absolute atomic E-state index is 13.5. The number of hydrogen-bond donors (Lipinski definition) is 2. The Morgan fingerprint density at radius 3 is 2.65 bits per heavy atom. The smallest absolute Gasteiger partial charge is 0.309 e. The Balaban J connectivity index is 1.93. The molecule has 0 bridgehead atoms. The zero-order chi connectivity index (χ0) is 27.3. The minimum Gasteiger partial charge on any atom is -0.457 e. The van der Waals surface area contributed by atoms with Crippen LogP contribution in [-0.2, 0) is 14.3 Å². The number of Topliss-reactive ketones (excluding diaryl/α,β-unsaturated/α-hetero) is 1. The van der Waals surface area contributed by atoms with E-state index in [2.05, 4.69) is 17.6 Å². The van der Waals surface area contributed by atoms with Crippen LogP contribution in [0.2, 0.25) is 0 Å². The van der Waals surface area contributed by atoms with E-state index < -0.39 is 35.6 Å². The molecule has 5 atom stereocenters. The molecule has 3 rings (SSSR count). The second-order valence-electron chi connectivity index (χ2n) is 11.0. The fourth-order valence-corrected chi connectivity index (χ4v) is 5.04. The number of carbonyl (C=O) groups is 2. The average Bonchev–Trinajstić information content (AvgIpc) is 3.22. The number of fused-ring (bicyclic) bond motifs is 1. The third kappa shape index (κ3) is 6.96. The summed E-state index contributed by atoms with van der Waals surface area (Å²) in [5, 5.41) is 22.1. The van der Waals surface area contributed by atoms with Gasteiger partial charge in [-0.05, 0) is 56.2 Å². The lowest BCUT2D eigenvalue weighted by Gasteiger charge is -2.35. The number of nitrogens with zero attached hydrogens (tertiary/aromatic N) is 1. The summed E-state index contributed by atoms with van der Waals surface area (Å²) in [4.78, 5) is 31.0. The number of aliphatic hydroxyl groups is 2. The number of ketones is 1. The van der Waals surface area contributed by atoms with Gasteiger partial charge >= 0.3 is 5.97 Å². The van der Waals surface area contributed by atoms with Crippen molar-refractivity contribution in [2.75, 3.05) is 0 Å². The second-order valence-corrected chi connectivity index (χ2v) is 11.0. The molecule has 2 N–H and O–H groups in total. The summed E-state index contributed by atoms with van der Waals surface area (Å²) in [5.74, 6) is -1.12. The van der Waals surface area contributed by atoms with Crippen LogP contribution in [0.3, 0.4) is 0 Å². The number of cyclic esters (lactones) is 1. The number of esters is 1. The van der Waals surface area contributed by atoms with E-state index in [4.69, 9.17) is 9.15 Å². The number of rotatable bonds is 3. The first-order valence-corrected chi connectivity index (χ1v) is 13.2. The fraction of sp³-hybridized carbons (Fsp3) is 0.567. The molecule has 0 unspecified atom stereocenters. The maximum Gasteiger partial charge on any atom is 0.309 e. The van der Waals surface area contributed by atoms with Crippen LogP contribution in [0.25, 0.3) is 11.1 Å². The van der Waals surface area contributed by atoms with Crippen LogP contribution < -0.4 is 0 Å². The lowest BCUT2D eigenvalue weighted by Crippen LogP contribution is -2.46. The molecular weight excluding hydrogens is 470 g/mol.